The molecule has 0 unspecified atom stereocenters. The lowest BCUT2D eigenvalue weighted by molar-refractivity contribution is 0.0667. The van der Waals surface area contributed by atoms with Crippen LogP contribution in [0.2, 0.25) is 0 Å². The van der Waals surface area contributed by atoms with Crippen molar-refractivity contribution < 1.29 is 9.32 Å². The number of piperidine rings is 1. The highest BCUT2D eigenvalue weighted by molar-refractivity contribution is 5.93. The number of hydrogen-bond donors (Lipinski definition) is 1. The van der Waals surface area contributed by atoms with E-state index in [-0.39, 0.29) is 11.5 Å². The number of likely N-dealkylation sites (tertiary alicyclic amines) is 1. The zero-order valence-corrected chi connectivity index (χ0v) is 13.4. The maximum absolute atomic E-state index is 12.6. The summed E-state index contributed by atoms with van der Waals surface area (Å²) in [5, 5.41) is 4.05. The molecule has 1 saturated heterocycles. The van der Waals surface area contributed by atoms with Crippen LogP contribution in [-0.2, 0) is 6.42 Å². The minimum Gasteiger partial charge on any atom is -0.339 e. The molecule has 1 amide bonds. The van der Waals surface area contributed by atoms with E-state index in [0.717, 1.165) is 44.5 Å². The van der Waals surface area contributed by atoms with Crippen LogP contribution in [0.4, 0.5) is 0 Å². The van der Waals surface area contributed by atoms with Gasteiger partial charge >= 0.3 is 0 Å². The summed E-state index contributed by atoms with van der Waals surface area (Å²) in [5.74, 6) is 2.30. The summed E-state index contributed by atoms with van der Waals surface area (Å²) in [6.45, 7) is 1.42. The van der Waals surface area contributed by atoms with E-state index in [1.807, 2.05) is 4.90 Å². The highest BCUT2D eigenvalue weighted by Gasteiger charge is 2.30. The summed E-state index contributed by atoms with van der Waals surface area (Å²) < 4.78 is 5.36. The second-order valence-electron chi connectivity index (χ2n) is 6.73. The first-order chi connectivity index (χ1) is 11.7. The molecule has 2 aliphatic rings. The molecule has 4 rings (SSSR count). The molecule has 1 aliphatic carbocycles. The van der Waals surface area contributed by atoms with E-state index in [1.165, 1.54) is 12.3 Å². The lowest BCUT2D eigenvalue weighted by Gasteiger charge is -2.32. The van der Waals surface area contributed by atoms with Crippen LogP contribution in [0.25, 0.3) is 0 Å². The minimum absolute atomic E-state index is 0.0415. The van der Waals surface area contributed by atoms with Crippen molar-refractivity contribution in [3.8, 4) is 0 Å². The van der Waals surface area contributed by atoms with Gasteiger partial charge in [-0.2, -0.15) is 4.98 Å². The number of rotatable bonds is 4. The second-order valence-corrected chi connectivity index (χ2v) is 6.73. The van der Waals surface area contributed by atoms with Gasteiger partial charge in [-0.3, -0.25) is 9.59 Å². The Balaban J connectivity index is 1.40. The Morgan fingerprint density at radius 2 is 2.21 bits per heavy atom. The summed E-state index contributed by atoms with van der Waals surface area (Å²) in [6, 6.07) is 2.96. The average Bonchev–Trinajstić information content (AvgIpc) is 3.35. The SMILES string of the molecule is O=C(c1ccc(=O)[nH]c1)N1CCC[C@H](Cc2nc(C3CC3)no2)C1. The summed E-state index contributed by atoms with van der Waals surface area (Å²) in [6.07, 6.45) is 6.52. The molecule has 0 spiro atoms. The molecule has 0 aromatic carbocycles. The standard InChI is InChI=1S/C17H20N4O3/c22-14-6-5-13(9-18-14)17(23)21-7-1-2-11(10-21)8-15-19-16(20-24-15)12-3-4-12/h5-6,9,11-12H,1-4,7-8,10H2,(H,18,22)/t11-/m1/s1. The van der Waals surface area contributed by atoms with Gasteiger partial charge in [0.2, 0.25) is 11.4 Å². The fourth-order valence-corrected chi connectivity index (χ4v) is 3.25. The van der Waals surface area contributed by atoms with Crippen molar-refractivity contribution in [3.05, 3.63) is 46.0 Å². The Morgan fingerprint density at radius 1 is 1.33 bits per heavy atom. The summed E-state index contributed by atoms with van der Waals surface area (Å²) in [5.41, 5.74) is 0.315. The van der Waals surface area contributed by atoms with E-state index in [1.54, 1.807) is 6.07 Å². The third-order valence-corrected chi connectivity index (χ3v) is 4.73. The molecule has 2 aromatic heterocycles. The van der Waals surface area contributed by atoms with Crippen LogP contribution in [-0.4, -0.2) is 39.0 Å². The molecule has 2 fully saturated rings. The monoisotopic (exact) mass is 328 g/mol. The van der Waals surface area contributed by atoms with E-state index < -0.39 is 0 Å². The molecule has 7 heteroatoms. The van der Waals surface area contributed by atoms with E-state index >= 15 is 0 Å². The van der Waals surface area contributed by atoms with Crippen molar-refractivity contribution in [3.63, 3.8) is 0 Å². The molecule has 2 aromatic rings. The number of nitrogens with one attached hydrogen (secondary N) is 1. The van der Waals surface area contributed by atoms with Crippen molar-refractivity contribution in [1.82, 2.24) is 20.0 Å². The van der Waals surface area contributed by atoms with Crippen LogP contribution in [0.15, 0.2) is 27.6 Å². The highest BCUT2D eigenvalue weighted by atomic mass is 16.5. The summed E-state index contributed by atoms with van der Waals surface area (Å²) in [4.78, 5) is 32.6. The second kappa shape index (κ2) is 6.22. The highest BCUT2D eigenvalue weighted by Crippen LogP contribution is 2.38. The average molecular weight is 328 g/mol. The van der Waals surface area contributed by atoms with Gasteiger partial charge < -0.3 is 14.4 Å². The van der Waals surface area contributed by atoms with Crippen LogP contribution >= 0.6 is 0 Å². The van der Waals surface area contributed by atoms with Crippen molar-refractivity contribution in [2.24, 2.45) is 5.92 Å². The molecule has 24 heavy (non-hydrogen) atoms. The Bertz CT molecular complexity index is 773. The first-order valence-corrected chi connectivity index (χ1v) is 8.49. The predicted octanol–water partition coefficient (Wildman–Crippen LogP) is 1.73. The van der Waals surface area contributed by atoms with Gasteiger partial charge in [0.15, 0.2) is 5.82 Å². The Kier molecular flexibility index (Phi) is 3.92. The van der Waals surface area contributed by atoms with Gasteiger partial charge in [0.05, 0.1) is 5.56 Å². The van der Waals surface area contributed by atoms with Crippen LogP contribution in [0, 0.1) is 5.92 Å². The smallest absolute Gasteiger partial charge is 0.255 e. The quantitative estimate of drug-likeness (QED) is 0.923. The zero-order chi connectivity index (χ0) is 16.5. The van der Waals surface area contributed by atoms with Crippen LogP contribution in [0.1, 0.15) is 53.7 Å². The third kappa shape index (κ3) is 3.25. The largest absolute Gasteiger partial charge is 0.339 e. The van der Waals surface area contributed by atoms with Gasteiger partial charge in [0.25, 0.3) is 5.91 Å². The number of amides is 1. The molecular weight excluding hydrogens is 308 g/mol. The lowest BCUT2D eigenvalue weighted by atomic mass is 9.94. The molecule has 0 bridgehead atoms. The van der Waals surface area contributed by atoms with Crippen molar-refractivity contribution in [2.75, 3.05) is 13.1 Å². The summed E-state index contributed by atoms with van der Waals surface area (Å²) >= 11 is 0. The molecule has 1 aliphatic heterocycles. The van der Waals surface area contributed by atoms with Gasteiger partial charge in [0.1, 0.15) is 0 Å². The molecule has 3 heterocycles. The zero-order valence-electron chi connectivity index (χ0n) is 13.4. The van der Waals surface area contributed by atoms with E-state index in [9.17, 15) is 9.59 Å². The van der Waals surface area contributed by atoms with Gasteiger partial charge in [-0.1, -0.05) is 5.16 Å². The maximum atomic E-state index is 12.6. The molecule has 7 nitrogen and oxygen atoms in total. The number of hydrogen-bond acceptors (Lipinski definition) is 5. The molecular formula is C17H20N4O3. The number of carbonyl (C=O) groups is 1. The van der Waals surface area contributed by atoms with Crippen LogP contribution < -0.4 is 5.56 Å². The van der Waals surface area contributed by atoms with Gasteiger partial charge in [0, 0.05) is 37.7 Å². The maximum Gasteiger partial charge on any atom is 0.255 e. The van der Waals surface area contributed by atoms with Crippen molar-refractivity contribution >= 4 is 5.91 Å². The van der Waals surface area contributed by atoms with Gasteiger partial charge in [-0.15, -0.1) is 0 Å². The Labute approximate surface area is 139 Å². The first-order valence-electron chi connectivity index (χ1n) is 8.49. The Morgan fingerprint density at radius 3 is 2.96 bits per heavy atom. The number of carbonyl (C=O) groups excluding carboxylic acids is 1. The topological polar surface area (TPSA) is 92.1 Å². The number of aromatic amines is 1. The number of pyridine rings is 1. The molecule has 1 saturated carbocycles. The van der Waals surface area contributed by atoms with Crippen LogP contribution in [0.3, 0.4) is 0 Å². The van der Waals surface area contributed by atoms with Gasteiger partial charge in [-0.25, -0.2) is 0 Å². The minimum atomic E-state index is -0.203. The summed E-state index contributed by atoms with van der Waals surface area (Å²) in [7, 11) is 0. The molecule has 1 atom stereocenters. The molecule has 1 N–H and O–H groups in total. The number of nitrogens with zero attached hydrogens (tertiary/aromatic N) is 3. The fraction of sp³-hybridized carbons (Fsp3) is 0.529. The third-order valence-electron chi connectivity index (χ3n) is 4.73. The molecule has 126 valence electrons. The lowest BCUT2D eigenvalue weighted by Crippen LogP contribution is -2.40. The van der Waals surface area contributed by atoms with E-state index in [0.29, 0.717) is 29.8 Å². The molecule has 0 radical (unpaired) electrons. The first kappa shape index (κ1) is 15.1. The normalized spacial score (nSPS) is 21.0. The van der Waals surface area contributed by atoms with Crippen molar-refractivity contribution in [2.45, 2.75) is 38.0 Å². The van der Waals surface area contributed by atoms with E-state index in [2.05, 4.69) is 15.1 Å². The van der Waals surface area contributed by atoms with E-state index in [4.69, 9.17) is 4.52 Å². The van der Waals surface area contributed by atoms with Crippen molar-refractivity contribution in [1.29, 1.82) is 0 Å². The number of H-pyrrole nitrogens is 1. The fourth-order valence-electron chi connectivity index (χ4n) is 3.25. The van der Waals surface area contributed by atoms with Crippen LogP contribution in [0.5, 0.6) is 0 Å². The number of aromatic nitrogens is 3. The predicted molar refractivity (Wildman–Crippen MR) is 85.7 cm³/mol. The Hall–Kier alpha value is -2.44. The van der Waals surface area contributed by atoms with Gasteiger partial charge in [-0.05, 0) is 37.7 Å².